The van der Waals surface area contributed by atoms with E-state index in [0.717, 1.165) is 24.3 Å². The molecule has 7 rings (SSSR count). The SMILES string of the molecule is CC1(C)C(=O)c2cc3ccc([n-]3)c(-c3c(F)c(F)c(F)c(F)c3F)c3nc(c(-c4c(F)c(F)c(F)c(F)c4F)c4ccc(cc1n2)[n-]4)C=C3.[Mg+2]. The summed E-state index contributed by atoms with van der Waals surface area (Å²) in [5.74, 6) is -23.8. The summed E-state index contributed by atoms with van der Waals surface area (Å²) in [6.45, 7) is 3.06. The van der Waals surface area contributed by atoms with Gasteiger partial charge in [0.15, 0.2) is 52.3 Å². The molecule has 0 atom stereocenters. The van der Waals surface area contributed by atoms with Crippen molar-refractivity contribution in [3.05, 3.63) is 117 Å². The normalized spacial score (nSPS) is 13.6. The van der Waals surface area contributed by atoms with Crippen molar-refractivity contribution in [3.63, 3.8) is 0 Å². The van der Waals surface area contributed by atoms with E-state index >= 15 is 17.6 Å². The number of halogens is 10. The van der Waals surface area contributed by atoms with Crippen molar-refractivity contribution in [1.82, 2.24) is 19.9 Å². The fourth-order valence-electron chi connectivity index (χ4n) is 5.61. The number of hydrogen-bond acceptors (Lipinski definition) is 3. The maximum absolute atomic E-state index is 15.3. The molecule has 5 nitrogen and oxygen atoms in total. The molecule has 50 heavy (non-hydrogen) atoms. The Kier molecular flexibility index (Phi) is 8.45. The predicted octanol–water partition coefficient (Wildman–Crippen LogP) is 8.25. The predicted molar refractivity (Wildman–Crippen MR) is 161 cm³/mol. The minimum Gasteiger partial charge on any atom is -0.657 e. The van der Waals surface area contributed by atoms with E-state index in [-0.39, 0.29) is 45.5 Å². The Bertz CT molecular complexity index is 2460. The fourth-order valence-corrected chi connectivity index (χ4v) is 5.61. The quantitative estimate of drug-likeness (QED) is 0.0785. The summed E-state index contributed by atoms with van der Waals surface area (Å²) in [4.78, 5) is 30.3. The van der Waals surface area contributed by atoms with Gasteiger partial charge in [-0.15, -0.1) is 22.1 Å². The average molecular weight is 709 g/mol. The number of benzene rings is 2. The molecule has 248 valence electrons. The molecular weight excluding hydrogens is 695 g/mol. The molecule has 5 heterocycles. The molecular formula is C34H14F10MgN4O. The Morgan fingerprint density at radius 2 is 0.900 bits per heavy atom. The van der Waals surface area contributed by atoms with E-state index in [0.29, 0.717) is 0 Å². The van der Waals surface area contributed by atoms with Gasteiger partial charge in [0.1, 0.15) is 5.69 Å². The van der Waals surface area contributed by atoms with Crippen LogP contribution in [-0.4, -0.2) is 38.8 Å². The van der Waals surface area contributed by atoms with Gasteiger partial charge < -0.3 is 9.97 Å². The van der Waals surface area contributed by atoms with Gasteiger partial charge in [-0.2, -0.15) is 0 Å². The number of rotatable bonds is 2. The van der Waals surface area contributed by atoms with Crippen LogP contribution in [0.15, 0.2) is 36.4 Å². The van der Waals surface area contributed by atoms with E-state index in [1.54, 1.807) is 0 Å². The Morgan fingerprint density at radius 3 is 1.32 bits per heavy atom. The molecule has 0 spiro atoms. The number of fused-ring (bicyclic) bond motifs is 8. The molecule has 0 aliphatic carbocycles. The second kappa shape index (κ2) is 12.1. The van der Waals surface area contributed by atoms with Gasteiger partial charge in [-0.3, -0.25) is 4.79 Å². The first kappa shape index (κ1) is 34.9. The fraction of sp³-hybridized carbons (Fsp3) is 0.0882. The zero-order valence-electron chi connectivity index (χ0n) is 25.3. The largest absolute Gasteiger partial charge is 2.00 e. The van der Waals surface area contributed by atoms with Crippen LogP contribution in [0.3, 0.4) is 0 Å². The van der Waals surface area contributed by atoms with Crippen LogP contribution in [-0.2, 0) is 5.41 Å². The van der Waals surface area contributed by atoms with Crippen molar-refractivity contribution in [2.24, 2.45) is 0 Å². The first-order valence-electron chi connectivity index (χ1n) is 14.0. The summed E-state index contributed by atoms with van der Waals surface area (Å²) in [7, 11) is 0. The molecule has 16 heteroatoms. The summed E-state index contributed by atoms with van der Waals surface area (Å²) >= 11 is 0. The maximum atomic E-state index is 15.3. The number of Topliss-reactive ketones (excluding diaryl/α,β-unsaturated/α-hetero) is 1. The zero-order valence-corrected chi connectivity index (χ0v) is 26.7. The van der Waals surface area contributed by atoms with Gasteiger partial charge in [0.05, 0.1) is 33.6 Å². The minimum absolute atomic E-state index is 0. The Labute approximate surface area is 289 Å². The average Bonchev–Trinajstić information content (AvgIpc) is 3.88. The van der Waals surface area contributed by atoms with Crippen molar-refractivity contribution in [3.8, 4) is 22.3 Å². The molecule has 0 saturated carbocycles. The monoisotopic (exact) mass is 708 g/mol. The third-order valence-corrected chi connectivity index (χ3v) is 8.16. The van der Waals surface area contributed by atoms with Gasteiger partial charge >= 0.3 is 23.1 Å². The Morgan fingerprint density at radius 1 is 0.520 bits per heavy atom. The number of hydrogen-bond donors (Lipinski definition) is 0. The zero-order chi connectivity index (χ0) is 35.3. The minimum atomic E-state index is -2.46. The van der Waals surface area contributed by atoms with Crippen LogP contribution in [0.25, 0.3) is 56.5 Å². The van der Waals surface area contributed by atoms with E-state index in [9.17, 15) is 31.1 Å². The molecule has 2 aliphatic rings. The summed E-state index contributed by atoms with van der Waals surface area (Å²) in [5, 5.41) is 0. The molecule has 3 aromatic heterocycles. The van der Waals surface area contributed by atoms with Crippen LogP contribution in [0.2, 0.25) is 0 Å². The van der Waals surface area contributed by atoms with Gasteiger partial charge in [0.25, 0.3) is 0 Å². The first-order valence-corrected chi connectivity index (χ1v) is 14.0. The number of carbonyl (C=O) groups excluding carboxylic acids is 1. The molecule has 0 N–H and O–H groups in total. The smallest absolute Gasteiger partial charge is 0.657 e. The molecule has 0 radical (unpaired) electrons. The summed E-state index contributed by atoms with van der Waals surface area (Å²) in [6.07, 6.45) is 1.92. The van der Waals surface area contributed by atoms with Crippen molar-refractivity contribution >= 4 is 63.1 Å². The molecule has 0 saturated heterocycles. The van der Waals surface area contributed by atoms with Crippen LogP contribution < -0.4 is 9.97 Å². The van der Waals surface area contributed by atoms with Crippen molar-refractivity contribution < 1.29 is 48.7 Å². The van der Waals surface area contributed by atoms with E-state index in [1.807, 2.05) is 0 Å². The number of nitrogens with zero attached hydrogens (tertiary/aromatic N) is 4. The second-order valence-electron chi connectivity index (χ2n) is 11.5. The third-order valence-electron chi connectivity index (χ3n) is 8.16. The summed E-state index contributed by atoms with van der Waals surface area (Å²) < 4.78 is 147. The summed E-state index contributed by atoms with van der Waals surface area (Å²) in [5.41, 5.74) is -7.77. The van der Waals surface area contributed by atoms with Crippen molar-refractivity contribution in [2.45, 2.75) is 19.3 Å². The van der Waals surface area contributed by atoms with E-state index in [1.165, 1.54) is 38.1 Å². The third kappa shape index (κ3) is 5.11. The van der Waals surface area contributed by atoms with Crippen LogP contribution in [0.5, 0.6) is 0 Å². The molecule has 2 aromatic carbocycles. The van der Waals surface area contributed by atoms with Gasteiger partial charge in [-0.1, -0.05) is 30.3 Å². The summed E-state index contributed by atoms with van der Waals surface area (Å²) in [6, 6.07) is 7.42. The van der Waals surface area contributed by atoms with E-state index in [4.69, 9.17) is 0 Å². The molecule has 0 fully saturated rings. The maximum Gasteiger partial charge on any atom is 2.00 e. The molecule has 5 aromatic rings. The van der Waals surface area contributed by atoms with E-state index in [2.05, 4.69) is 19.9 Å². The van der Waals surface area contributed by atoms with Gasteiger partial charge in [-0.05, 0) is 43.2 Å². The van der Waals surface area contributed by atoms with Crippen LogP contribution in [0.4, 0.5) is 43.9 Å². The molecule has 2 aliphatic heterocycles. The Balaban J connectivity index is 0.00000432. The van der Waals surface area contributed by atoms with Crippen molar-refractivity contribution in [2.75, 3.05) is 0 Å². The van der Waals surface area contributed by atoms with Crippen LogP contribution >= 0.6 is 0 Å². The Hall–Kier alpha value is -4.96. The topological polar surface area (TPSA) is 71.1 Å². The van der Waals surface area contributed by atoms with Crippen LogP contribution in [0, 0.1) is 58.2 Å². The standard InChI is InChI=1S/C34H15F10N4O.Mg/c1-34(2)18-10-12-4-6-14(46-12)20(22-25(37)29(41)32(44)30(42)26(22)38)16-8-7-15(47-16)19(21-23(35)27(39)31(43)28(40)24(21)36)13-5-3-11(45-13)9-17(48-18)33(34)49;/h3-10H,1-2H3,(H-,45,46,47,48,49);/q-1;+2/p-1. The molecule has 8 bridgehead atoms. The van der Waals surface area contributed by atoms with Gasteiger partial charge in [0.2, 0.25) is 11.6 Å². The second-order valence-corrected chi connectivity index (χ2v) is 11.5. The number of carbonyl (C=O) groups is 1. The van der Waals surface area contributed by atoms with Gasteiger partial charge in [0, 0.05) is 0 Å². The van der Waals surface area contributed by atoms with E-state index < -0.39 is 114 Å². The first-order chi connectivity index (χ1) is 23.1. The molecule has 0 amide bonds. The number of ketones is 1. The molecule has 0 unspecified atom stereocenters. The number of aromatic nitrogens is 4. The van der Waals surface area contributed by atoms with Crippen molar-refractivity contribution in [1.29, 1.82) is 0 Å². The van der Waals surface area contributed by atoms with Gasteiger partial charge in [-0.25, -0.2) is 53.9 Å². The van der Waals surface area contributed by atoms with Crippen LogP contribution in [0.1, 0.15) is 41.4 Å².